The van der Waals surface area contributed by atoms with Crippen LogP contribution in [0.25, 0.3) is 0 Å². The first-order valence-corrected chi connectivity index (χ1v) is 8.32. The van der Waals surface area contributed by atoms with E-state index in [-0.39, 0.29) is 0 Å². The molecule has 22 heavy (non-hydrogen) atoms. The van der Waals surface area contributed by atoms with E-state index in [4.69, 9.17) is 14.6 Å². The minimum atomic E-state index is -1.38. The van der Waals surface area contributed by atoms with E-state index in [0.29, 0.717) is 12.5 Å². The van der Waals surface area contributed by atoms with Gasteiger partial charge in [0, 0.05) is 0 Å². The molecule has 6 heteroatoms. The van der Waals surface area contributed by atoms with Gasteiger partial charge < -0.3 is 29.9 Å². The number of hydrogen-bond acceptors (Lipinski definition) is 6. The molecule has 0 spiro atoms. The van der Waals surface area contributed by atoms with E-state index in [9.17, 15) is 15.3 Å². The van der Waals surface area contributed by atoms with Crippen LogP contribution < -0.4 is 0 Å². The van der Waals surface area contributed by atoms with Crippen LogP contribution in [0, 0.1) is 11.8 Å². The Morgan fingerprint density at radius 2 is 1.64 bits per heavy atom. The van der Waals surface area contributed by atoms with E-state index in [0.717, 1.165) is 18.8 Å². The topological polar surface area (TPSA) is 99.4 Å². The second-order valence-electron chi connectivity index (χ2n) is 6.58. The lowest BCUT2D eigenvalue weighted by molar-refractivity contribution is -0.303. The van der Waals surface area contributed by atoms with Crippen LogP contribution in [0.1, 0.15) is 46.5 Å². The minimum Gasteiger partial charge on any atom is -0.394 e. The zero-order chi connectivity index (χ0) is 16.7. The predicted molar refractivity (Wildman–Crippen MR) is 82.2 cm³/mol. The Balaban J connectivity index is 2.33. The average molecular weight is 320 g/mol. The lowest BCUT2D eigenvalue weighted by atomic mass is 9.97. The van der Waals surface area contributed by atoms with Gasteiger partial charge in [-0.2, -0.15) is 0 Å². The Morgan fingerprint density at radius 1 is 1.00 bits per heavy atom. The summed E-state index contributed by atoms with van der Waals surface area (Å²) in [6.45, 7) is 6.48. The molecule has 0 aromatic rings. The van der Waals surface area contributed by atoms with Crippen molar-refractivity contribution in [2.24, 2.45) is 11.8 Å². The molecule has 1 heterocycles. The van der Waals surface area contributed by atoms with Gasteiger partial charge in [-0.15, -0.1) is 0 Å². The van der Waals surface area contributed by atoms with Crippen molar-refractivity contribution in [1.82, 2.24) is 0 Å². The summed E-state index contributed by atoms with van der Waals surface area (Å²) >= 11 is 0. The Bertz CT molecular complexity index is 298. The van der Waals surface area contributed by atoms with Crippen LogP contribution in [0.2, 0.25) is 0 Å². The summed E-state index contributed by atoms with van der Waals surface area (Å²) in [7, 11) is 0. The number of aliphatic hydroxyl groups is 4. The molecule has 0 radical (unpaired) electrons. The van der Waals surface area contributed by atoms with Crippen LogP contribution in [0.15, 0.2) is 0 Å². The van der Waals surface area contributed by atoms with Crippen molar-refractivity contribution in [2.75, 3.05) is 13.2 Å². The summed E-state index contributed by atoms with van der Waals surface area (Å²) in [5.41, 5.74) is 0. The van der Waals surface area contributed by atoms with Crippen LogP contribution in [0.4, 0.5) is 0 Å². The van der Waals surface area contributed by atoms with E-state index in [1.165, 1.54) is 12.8 Å². The van der Waals surface area contributed by atoms with Crippen LogP contribution in [0.3, 0.4) is 0 Å². The van der Waals surface area contributed by atoms with Crippen LogP contribution in [-0.2, 0) is 9.47 Å². The first-order chi connectivity index (χ1) is 10.4. The second kappa shape index (κ2) is 9.80. The quantitative estimate of drug-likeness (QED) is 0.498. The zero-order valence-corrected chi connectivity index (χ0v) is 13.9. The summed E-state index contributed by atoms with van der Waals surface area (Å²) in [6, 6.07) is 0. The Morgan fingerprint density at radius 3 is 2.23 bits per heavy atom. The van der Waals surface area contributed by atoms with Crippen molar-refractivity contribution in [3.63, 3.8) is 0 Å². The van der Waals surface area contributed by atoms with Gasteiger partial charge in [0.2, 0.25) is 0 Å². The summed E-state index contributed by atoms with van der Waals surface area (Å²) in [6.07, 6.45) is -1.42. The molecule has 0 bridgehead atoms. The third kappa shape index (κ3) is 5.76. The molecule has 0 aliphatic carbocycles. The van der Waals surface area contributed by atoms with E-state index in [2.05, 4.69) is 20.8 Å². The molecule has 0 amide bonds. The summed E-state index contributed by atoms with van der Waals surface area (Å²) < 4.78 is 10.8. The SMILES string of the molecule is CCC(C)CCCC(C)COC1OC(CO)C(O)C(O)C1O. The van der Waals surface area contributed by atoms with Crippen molar-refractivity contribution in [3.05, 3.63) is 0 Å². The van der Waals surface area contributed by atoms with Gasteiger partial charge in [-0.1, -0.05) is 40.0 Å². The molecule has 7 unspecified atom stereocenters. The second-order valence-corrected chi connectivity index (χ2v) is 6.58. The molecule has 0 saturated carbocycles. The van der Waals surface area contributed by atoms with Crippen molar-refractivity contribution < 1.29 is 29.9 Å². The fourth-order valence-corrected chi connectivity index (χ4v) is 2.57. The van der Waals surface area contributed by atoms with Crippen LogP contribution in [0.5, 0.6) is 0 Å². The number of rotatable bonds is 9. The third-order valence-electron chi connectivity index (χ3n) is 4.48. The number of ether oxygens (including phenoxy) is 2. The molecule has 7 atom stereocenters. The Kier molecular flexibility index (Phi) is 8.82. The van der Waals surface area contributed by atoms with Gasteiger partial charge in [0.25, 0.3) is 0 Å². The molecule has 1 rings (SSSR count). The molecule has 0 aromatic carbocycles. The summed E-state index contributed by atoms with van der Waals surface area (Å²) in [5.74, 6) is 1.05. The van der Waals surface area contributed by atoms with Crippen molar-refractivity contribution >= 4 is 0 Å². The van der Waals surface area contributed by atoms with Gasteiger partial charge in [-0.05, 0) is 18.3 Å². The summed E-state index contributed by atoms with van der Waals surface area (Å²) in [5, 5.41) is 38.4. The molecule has 1 aliphatic heterocycles. The van der Waals surface area contributed by atoms with Crippen LogP contribution >= 0.6 is 0 Å². The van der Waals surface area contributed by atoms with Gasteiger partial charge in [-0.3, -0.25) is 0 Å². The van der Waals surface area contributed by atoms with Gasteiger partial charge >= 0.3 is 0 Å². The maximum absolute atomic E-state index is 9.87. The number of hydrogen-bond donors (Lipinski definition) is 4. The number of aliphatic hydroxyl groups excluding tert-OH is 4. The first kappa shape index (κ1) is 19.8. The first-order valence-electron chi connectivity index (χ1n) is 8.32. The van der Waals surface area contributed by atoms with Crippen LogP contribution in [-0.4, -0.2) is 64.3 Å². The van der Waals surface area contributed by atoms with Gasteiger partial charge in [0.05, 0.1) is 13.2 Å². The molecular formula is C16H32O6. The fraction of sp³-hybridized carbons (Fsp3) is 1.00. The Labute approximate surface area is 133 Å². The van der Waals surface area contributed by atoms with Gasteiger partial charge in [0.1, 0.15) is 24.4 Å². The zero-order valence-electron chi connectivity index (χ0n) is 13.9. The smallest absolute Gasteiger partial charge is 0.186 e. The van der Waals surface area contributed by atoms with E-state index < -0.39 is 37.3 Å². The highest BCUT2D eigenvalue weighted by molar-refractivity contribution is 4.88. The van der Waals surface area contributed by atoms with E-state index in [1.807, 2.05) is 0 Å². The predicted octanol–water partition coefficient (Wildman–Crippen LogP) is 0.655. The fourth-order valence-electron chi connectivity index (χ4n) is 2.57. The average Bonchev–Trinajstić information content (AvgIpc) is 2.51. The molecule has 4 N–H and O–H groups in total. The lowest BCUT2D eigenvalue weighted by Crippen LogP contribution is -2.59. The highest BCUT2D eigenvalue weighted by atomic mass is 16.7. The Hall–Kier alpha value is -0.240. The minimum absolute atomic E-state index is 0.316. The van der Waals surface area contributed by atoms with Crippen molar-refractivity contribution in [2.45, 2.75) is 77.2 Å². The molecule has 1 fully saturated rings. The largest absolute Gasteiger partial charge is 0.394 e. The van der Waals surface area contributed by atoms with Gasteiger partial charge in [0.15, 0.2) is 6.29 Å². The van der Waals surface area contributed by atoms with Gasteiger partial charge in [-0.25, -0.2) is 0 Å². The molecule has 1 aliphatic rings. The highest BCUT2D eigenvalue weighted by Gasteiger charge is 2.44. The molecule has 132 valence electrons. The monoisotopic (exact) mass is 320 g/mol. The summed E-state index contributed by atoms with van der Waals surface area (Å²) in [4.78, 5) is 0. The van der Waals surface area contributed by atoms with Crippen molar-refractivity contribution in [1.29, 1.82) is 0 Å². The standard InChI is InChI=1S/C16H32O6/c1-4-10(2)6-5-7-11(3)9-21-16-15(20)14(19)13(18)12(8-17)22-16/h10-20H,4-9H2,1-3H3. The van der Waals surface area contributed by atoms with E-state index in [1.54, 1.807) is 0 Å². The maximum atomic E-state index is 9.87. The molecular weight excluding hydrogens is 288 g/mol. The third-order valence-corrected chi connectivity index (χ3v) is 4.48. The van der Waals surface area contributed by atoms with E-state index >= 15 is 0 Å². The molecule has 0 aromatic heterocycles. The lowest BCUT2D eigenvalue weighted by Gasteiger charge is -2.39. The highest BCUT2D eigenvalue weighted by Crippen LogP contribution is 2.23. The maximum Gasteiger partial charge on any atom is 0.186 e. The van der Waals surface area contributed by atoms with Crippen molar-refractivity contribution in [3.8, 4) is 0 Å². The normalized spacial score (nSPS) is 35.3. The molecule has 6 nitrogen and oxygen atoms in total. The molecule has 1 saturated heterocycles.